The van der Waals surface area contributed by atoms with E-state index in [9.17, 15) is 19.2 Å². The molecular formula is C22H22O6S2. The van der Waals surface area contributed by atoms with Crippen molar-refractivity contribution in [1.82, 2.24) is 0 Å². The van der Waals surface area contributed by atoms with Gasteiger partial charge in [0, 0.05) is 22.6 Å². The van der Waals surface area contributed by atoms with Crippen LogP contribution in [-0.2, 0) is 19.1 Å². The molecule has 0 heterocycles. The van der Waals surface area contributed by atoms with E-state index in [0.29, 0.717) is 49.1 Å². The summed E-state index contributed by atoms with van der Waals surface area (Å²) in [5.74, 6) is -0.268. The van der Waals surface area contributed by atoms with Crippen LogP contribution in [0.4, 0.5) is 0 Å². The van der Waals surface area contributed by atoms with Crippen molar-refractivity contribution in [2.45, 2.75) is 0 Å². The predicted octanol–water partition coefficient (Wildman–Crippen LogP) is 3.31. The third kappa shape index (κ3) is 8.62. The van der Waals surface area contributed by atoms with Gasteiger partial charge in [0.15, 0.2) is 0 Å². The molecule has 0 saturated heterocycles. The smallest absolute Gasteiger partial charge is 0.260 e. The average molecular weight is 447 g/mol. The minimum absolute atomic E-state index is 0.320. The Morgan fingerprint density at radius 1 is 0.567 bits per heavy atom. The van der Waals surface area contributed by atoms with Crippen molar-refractivity contribution in [1.29, 1.82) is 0 Å². The number of carbonyl (C=O) groups is 4. The van der Waals surface area contributed by atoms with Gasteiger partial charge in [-0.05, 0) is 0 Å². The molecular weight excluding hydrogens is 424 g/mol. The van der Waals surface area contributed by atoms with Crippen LogP contribution in [0.15, 0.2) is 60.7 Å². The summed E-state index contributed by atoms with van der Waals surface area (Å²) in [4.78, 5) is 47.5. The molecule has 0 saturated carbocycles. The molecule has 0 spiro atoms. The molecule has 0 aliphatic carbocycles. The summed E-state index contributed by atoms with van der Waals surface area (Å²) >= 11 is 1.86. The van der Waals surface area contributed by atoms with Gasteiger partial charge in [0.25, 0.3) is 10.2 Å². The Bertz CT molecular complexity index is 768. The van der Waals surface area contributed by atoms with E-state index in [0.717, 1.165) is 23.5 Å². The number of ketones is 2. The summed E-state index contributed by atoms with van der Waals surface area (Å²) in [6.07, 6.45) is 0. The van der Waals surface area contributed by atoms with Crippen LogP contribution in [0.2, 0.25) is 0 Å². The van der Waals surface area contributed by atoms with Crippen molar-refractivity contribution in [2.24, 2.45) is 0 Å². The normalized spacial score (nSPS) is 10.5. The lowest BCUT2D eigenvalue weighted by Gasteiger charge is -2.05. The van der Waals surface area contributed by atoms with Gasteiger partial charge in [-0.3, -0.25) is 19.2 Å². The molecule has 2 aromatic carbocycles. The molecule has 0 aliphatic rings. The van der Waals surface area contributed by atoms with Crippen molar-refractivity contribution in [3.05, 3.63) is 71.8 Å². The number of rotatable bonds is 13. The minimum atomic E-state index is -0.512. The topological polar surface area (TPSA) is 86.7 Å². The Morgan fingerprint density at radius 3 is 1.30 bits per heavy atom. The SMILES string of the molecule is O=C(SCCOCCOCCSC(=O)C(=O)c1ccccc1)C(=O)c1ccccc1. The molecule has 8 heteroatoms. The molecule has 0 N–H and O–H groups in total. The Morgan fingerprint density at radius 2 is 0.933 bits per heavy atom. The highest BCUT2D eigenvalue weighted by molar-refractivity contribution is 8.15. The lowest BCUT2D eigenvalue weighted by Crippen LogP contribution is -2.14. The van der Waals surface area contributed by atoms with E-state index in [1.165, 1.54) is 0 Å². The number of hydrogen-bond acceptors (Lipinski definition) is 8. The van der Waals surface area contributed by atoms with Gasteiger partial charge in [-0.1, -0.05) is 84.2 Å². The largest absolute Gasteiger partial charge is 0.378 e. The van der Waals surface area contributed by atoms with E-state index in [2.05, 4.69) is 0 Å². The van der Waals surface area contributed by atoms with Crippen LogP contribution in [0, 0.1) is 0 Å². The maximum atomic E-state index is 11.9. The maximum Gasteiger partial charge on any atom is 0.260 e. The van der Waals surface area contributed by atoms with E-state index >= 15 is 0 Å². The van der Waals surface area contributed by atoms with Gasteiger partial charge in [0.2, 0.25) is 11.6 Å². The quantitative estimate of drug-likeness (QED) is 0.263. The van der Waals surface area contributed by atoms with Crippen LogP contribution in [0.25, 0.3) is 0 Å². The molecule has 2 rings (SSSR count). The standard InChI is InChI=1S/C22H22O6S2/c23-19(17-7-3-1-4-8-17)21(25)29-15-13-27-11-12-28-14-16-30-22(26)20(24)18-9-5-2-6-10-18/h1-10H,11-16H2. The highest BCUT2D eigenvalue weighted by Gasteiger charge is 2.16. The molecule has 158 valence electrons. The number of thioether (sulfide) groups is 2. The Labute approximate surface area is 183 Å². The van der Waals surface area contributed by atoms with Crippen molar-refractivity contribution in [2.75, 3.05) is 37.9 Å². The fraction of sp³-hybridized carbons (Fsp3) is 0.273. The molecule has 0 bridgehead atoms. The van der Waals surface area contributed by atoms with E-state index in [1.807, 2.05) is 0 Å². The van der Waals surface area contributed by atoms with Crippen LogP contribution in [-0.4, -0.2) is 59.7 Å². The van der Waals surface area contributed by atoms with Crippen LogP contribution in [0.3, 0.4) is 0 Å². The van der Waals surface area contributed by atoms with Gasteiger partial charge in [-0.2, -0.15) is 0 Å². The van der Waals surface area contributed by atoms with Gasteiger partial charge in [0.05, 0.1) is 26.4 Å². The van der Waals surface area contributed by atoms with Gasteiger partial charge in [-0.25, -0.2) is 0 Å². The van der Waals surface area contributed by atoms with E-state index < -0.39 is 21.8 Å². The monoisotopic (exact) mass is 446 g/mol. The molecule has 0 radical (unpaired) electrons. The first-order valence-electron chi connectivity index (χ1n) is 9.28. The molecule has 0 atom stereocenters. The zero-order valence-electron chi connectivity index (χ0n) is 16.3. The van der Waals surface area contributed by atoms with E-state index in [4.69, 9.17) is 9.47 Å². The zero-order chi connectivity index (χ0) is 21.6. The fourth-order valence-corrected chi connectivity index (χ4v) is 3.53. The molecule has 0 aliphatic heterocycles. The summed E-state index contributed by atoms with van der Waals surface area (Å²) < 4.78 is 10.7. The number of Topliss-reactive ketones (excluding diaryl/α,β-unsaturated/α-hetero) is 2. The summed E-state index contributed by atoms with van der Waals surface area (Å²) in [7, 11) is 0. The van der Waals surface area contributed by atoms with Gasteiger partial charge >= 0.3 is 0 Å². The summed E-state index contributed by atoms with van der Waals surface area (Å²) in [6, 6.07) is 16.9. The average Bonchev–Trinajstić information content (AvgIpc) is 2.80. The second kappa shape index (κ2) is 13.9. The molecule has 0 amide bonds. The molecule has 0 unspecified atom stereocenters. The molecule has 2 aromatic rings. The first-order chi connectivity index (χ1) is 14.6. The highest BCUT2D eigenvalue weighted by Crippen LogP contribution is 2.10. The molecule has 0 fully saturated rings. The first kappa shape index (κ1) is 24.0. The minimum Gasteiger partial charge on any atom is -0.378 e. The first-order valence-corrected chi connectivity index (χ1v) is 11.2. The zero-order valence-corrected chi connectivity index (χ0v) is 17.9. The van der Waals surface area contributed by atoms with Crippen LogP contribution < -0.4 is 0 Å². The van der Waals surface area contributed by atoms with Crippen LogP contribution in [0.1, 0.15) is 20.7 Å². The number of hydrogen-bond donors (Lipinski definition) is 0. The number of ether oxygens (including phenoxy) is 2. The number of benzene rings is 2. The van der Waals surface area contributed by atoms with E-state index in [-0.39, 0.29) is 0 Å². The third-order valence-corrected chi connectivity index (χ3v) is 5.37. The molecule has 30 heavy (non-hydrogen) atoms. The van der Waals surface area contributed by atoms with Gasteiger partial charge in [-0.15, -0.1) is 0 Å². The van der Waals surface area contributed by atoms with Crippen LogP contribution >= 0.6 is 23.5 Å². The van der Waals surface area contributed by atoms with E-state index in [1.54, 1.807) is 60.7 Å². The number of carbonyl (C=O) groups excluding carboxylic acids is 4. The van der Waals surface area contributed by atoms with Crippen molar-refractivity contribution >= 4 is 45.3 Å². The second-order valence-corrected chi connectivity index (χ2v) is 8.02. The molecule has 0 aromatic heterocycles. The van der Waals surface area contributed by atoms with Gasteiger partial charge in [0.1, 0.15) is 0 Å². The summed E-state index contributed by atoms with van der Waals surface area (Å²) in [5.41, 5.74) is 0.761. The van der Waals surface area contributed by atoms with Crippen LogP contribution in [0.5, 0.6) is 0 Å². The summed E-state index contributed by atoms with van der Waals surface area (Å²) in [6.45, 7) is 1.31. The molecule has 6 nitrogen and oxygen atoms in total. The Kier molecular flexibility index (Phi) is 11.1. The second-order valence-electron chi connectivity index (χ2n) is 5.89. The van der Waals surface area contributed by atoms with Crippen molar-refractivity contribution < 1.29 is 28.7 Å². The fourth-order valence-electron chi connectivity index (χ4n) is 2.25. The lowest BCUT2D eigenvalue weighted by molar-refractivity contribution is -0.108. The van der Waals surface area contributed by atoms with Gasteiger partial charge < -0.3 is 9.47 Å². The van der Waals surface area contributed by atoms with Crippen molar-refractivity contribution in [3.8, 4) is 0 Å². The Balaban J connectivity index is 1.46. The van der Waals surface area contributed by atoms with Crippen molar-refractivity contribution in [3.63, 3.8) is 0 Å². The maximum absolute atomic E-state index is 11.9. The summed E-state index contributed by atoms with van der Waals surface area (Å²) in [5, 5.41) is -1.01. The Hall–Kier alpha value is -2.26. The lowest BCUT2D eigenvalue weighted by atomic mass is 10.1. The predicted molar refractivity (Wildman–Crippen MR) is 118 cm³/mol. The third-order valence-electron chi connectivity index (χ3n) is 3.74. The highest BCUT2D eigenvalue weighted by atomic mass is 32.2.